The van der Waals surface area contributed by atoms with Crippen molar-refractivity contribution in [2.24, 2.45) is 0 Å². The molecule has 2 heterocycles. The van der Waals surface area contributed by atoms with Gasteiger partial charge in [0, 0.05) is 20.9 Å². The van der Waals surface area contributed by atoms with Crippen LogP contribution in [0.1, 0.15) is 13.8 Å². The Morgan fingerprint density at radius 3 is 2.12 bits per heavy atom. The maximum Gasteiger partial charge on any atom is 0.262 e. The van der Waals surface area contributed by atoms with Gasteiger partial charge in [-0.1, -0.05) is 0 Å². The van der Waals surface area contributed by atoms with Crippen LogP contribution in [-0.4, -0.2) is 16.8 Å². The van der Waals surface area contributed by atoms with Gasteiger partial charge in [-0.05, 0) is 48.6 Å². The van der Waals surface area contributed by atoms with E-state index in [0.29, 0.717) is 17.0 Å². The van der Waals surface area contributed by atoms with Gasteiger partial charge in [-0.3, -0.25) is 9.59 Å². The third-order valence-corrected chi connectivity index (χ3v) is 3.19. The van der Waals surface area contributed by atoms with Gasteiger partial charge in [0.1, 0.15) is 5.82 Å². The van der Waals surface area contributed by atoms with E-state index in [4.69, 9.17) is 0 Å². The molecule has 2 amide bonds. The van der Waals surface area contributed by atoms with E-state index in [9.17, 15) is 9.59 Å². The van der Waals surface area contributed by atoms with Crippen LogP contribution in [-0.2, 0) is 9.59 Å². The van der Waals surface area contributed by atoms with E-state index in [2.05, 4.69) is 27.6 Å². The number of rotatable bonds is 1. The second kappa shape index (κ2) is 3.97. The molecule has 82 valence electrons. The average molecular weight is 328 g/mol. The zero-order chi connectivity index (χ0) is 11.9. The van der Waals surface area contributed by atoms with Crippen molar-refractivity contribution in [1.82, 2.24) is 4.98 Å². The lowest BCUT2D eigenvalue weighted by Gasteiger charge is -2.13. The number of carbonyl (C=O) groups excluding carboxylic acids is 2. The van der Waals surface area contributed by atoms with Gasteiger partial charge >= 0.3 is 0 Å². The molecule has 0 bridgehead atoms. The number of pyridine rings is 1. The van der Waals surface area contributed by atoms with E-state index < -0.39 is 0 Å². The summed E-state index contributed by atoms with van der Waals surface area (Å²) < 4.78 is 0.960. The lowest BCUT2D eigenvalue weighted by atomic mass is 10.2. The normalized spacial score (nSPS) is 16.3. The fraction of sp³-hybridized carbons (Fsp3) is 0.182. The molecule has 0 aliphatic carbocycles. The van der Waals surface area contributed by atoms with Crippen molar-refractivity contribution < 1.29 is 9.59 Å². The van der Waals surface area contributed by atoms with Crippen molar-refractivity contribution in [3.8, 4) is 0 Å². The lowest BCUT2D eigenvalue weighted by Crippen LogP contribution is -2.32. The molecule has 0 saturated heterocycles. The molecule has 2 rings (SSSR count). The molecule has 4 nitrogen and oxygen atoms in total. The molecule has 1 aromatic rings. The van der Waals surface area contributed by atoms with Crippen LogP contribution in [0.4, 0.5) is 5.82 Å². The Morgan fingerprint density at radius 2 is 1.69 bits per heavy atom. The second-order valence-corrected chi connectivity index (χ2v) is 4.78. The number of anilines is 1. The number of nitrogens with zero attached hydrogens (tertiary/aromatic N) is 2. The molecule has 0 radical (unpaired) electrons. The van der Waals surface area contributed by atoms with Crippen LogP contribution in [0.15, 0.2) is 29.5 Å². The molecule has 0 saturated carbocycles. The Balaban J connectivity index is 2.42. The lowest BCUT2D eigenvalue weighted by molar-refractivity contribution is -0.120. The summed E-state index contributed by atoms with van der Waals surface area (Å²) in [6.07, 6.45) is 1.62. The molecule has 1 aliphatic rings. The standard InChI is InChI=1S/C11H9IN2O2/c1-6-7(2)11(16)14(10(6)15)9-4-3-8(12)5-13-9/h3-5H,1-2H3. The highest BCUT2D eigenvalue weighted by Gasteiger charge is 2.35. The Morgan fingerprint density at radius 1 is 1.12 bits per heavy atom. The van der Waals surface area contributed by atoms with E-state index in [1.54, 1.807) is 26.1 Å². The minimum atomic E-state index is -0.281. The molecule has 5 heteroatoms. The van der Waals surface area contributed by atoms with Gasteiger partial charge in [0.15, 0.2) is 0 Å². The van der Waals surface area contributed by atoms with Gasteiger partial charge in [0.25, 0.3) is 11.8 Å². The van der Waals surface area contributed by atoms with Crippen molar-refractivity contribution in [1.29, 1.82) is 0 Å². The zero-order valence-electron chi connectivity index (χ0n) is 8.82. The summed E-state index contributed by atoms with van der Waals surface area (Å²) in [6, 6.07) is 3.48. The Hall–Kier alpha value is -1.24. The topological polar surface area (TPSA) is 50.3 Å². The fourth-order valence-electron chi connectivity index (χ4n) is 1.46. The van der Waals surface area contributed by atoms with E-state index in [-0.39, 0.29) is 11.8 Å². The summed E-state index contributed by atoms with van der Waals surface area (Å²) in [5, 5.41) is 0. The minimum absolute atomic E-state index is 0.281. The largest absolute Gasteiger partial charge is 0.269 e. The van der Waals surface area contributed by atoms with Gasteiger partial charge in [-0.2, -0.15) is 0 Å². The Labute approximate surface area is 106 Å². The summed E-state index contributed by atoms with van der Waals surface area (Å²) in [4.78, 5) is 28.8. The van der Waals surface area contributed by atoms with Crippen molar-refractivity contribution in [3.05, 3.63) is 33.0 Å². The van der Waals surface area contributed by atoms with Crippen LogP contribution in [0, 0.1) is 3.57 Å². The maximum absolute atomic E-state index is 11.8. The van der Waals surface area contributed by atoms with E-state index >= 15 is 0 Å². The highest BCUT2D eigenvalue weighted by molar-refractivity contribution is 14.1. The van der Waals surface area contributed by atoms with Crippen LogP contribution in [0.5, 0.6) is 0 Å². The van der Waals surface area contributed by atoms with Crippen LogP contribution in [0.2, 0.25) is 0 Å². The summed E-state index contributed by atoms with van der Waals surface area (Å²) in [5.74, 6) is -0.181. The van der Waals surface area contributed by atoms with E-state index in [1.165, 1.54) is 0 Å². The average Bonchev–Trinajstić information content (AvgIpc) is 2.46. The quantitative estimate of drug-likeness (QED) is 0.584. The Bertz CT molecular complexity index is 481. The predicted octanol–water partition coefficient (Wildman–Crippen LogP) is 1.90. The first-order valence-electron chi connectivity index (χ1n) is 4.70. The molecular formula is C11H9IN2O2. The van der Waals surface area contributed by atoms with Crippen LogP contribution < -0.4 is 4.90 Å². The summed E-state index contributed by atoms with van der Waals surface area (Å²) in [7, 11) is 0. The van der Waals surface area contributed by atoms with Gasteiger partial charge in [0.05, 0.1) is 0 Å². The number of hydrogen-bond acceptors (Lipinski definition) is 3. The minimum Gasteiger partial charge on any atom is -0.269 e. The zero-order valence-corrected chi connectivity index (χ0v) is 11.0. The van der Waals surface area contributed by atoms with Gasteiger partial charge in [-0.15, -0.1) is 0 Å². The maximum atomic E-state index is 11.8. The predicted molar refractivity (Wildman–Crippen MR) is 67.8 cm³/mol. The third kappa shape index (κ3) is 1.64. The number of amides is 2. The number of carbonyl (C=O) groups is 2. The Kier molecular flexibility index (Phi) is 2.79. The number of imide groups is 1. The van der Waals surface area contributed by atoms with Crippen LogP contribution >= 0.6 is 22.6 Å². The van der Waals surface area contributed by atoms with Gasteiger partial charge in [0.2, 0.25) is 0 Å². The van der Waals surface area contributed by atoms with E-state index in [0.717, 1.165) is 8.47 Å². The van der Waals surface area contributed by atoms with Crippen molar-refractivity contribution in [2.45, 2.75) is 13.8 Å². The smallest absolute Gasteiger partial charge is 0.262 e. The highest BCUT2D eigenvalue weighted by Crippen LogP contribution is 2.25. The summed E-state index contributed by atoms with van der Waals surface area (Å²) >= 11 is 2.12. The number of hydrogen-bond donors (Lipinski definition) is 0. The summed E-state index contributed by atoms with van der Waals surface area (Å²) in [6.45, 7) is 3.31. The molecule has 0 N–H and O–H groups in total. The van der Waals surface area contributed by atoms with Crippen LogP contribution in [0.3, 0.4) is 0 Å². The van der Waals surface area contributed by atoms with Crippen molar-refractivity contribution in [3.63, 3.8) is 0 Å². The summed E-state index contributed by atoms with van der Waals surface area (Å²) in [5.41, 5.74) is 0.982. The van der Waals surface area contributed by atoms with Gasteiger partial charge < -0.3 is 0 Å². The van der Waals surface area contributed by atoms with Gasteiger partial charge in [-0.25, -0.2) is 9.88 Å². The first-order chi connectivity index (χ1) is 7.52. The molecule has 0 aromatic carbocycles. The third-order valence-electron chi connectivity index (χ3n) is 2.55. The van der Waals surface area contributed by atoms with Crippen LogP contribution in [0.25, 0.3) is 0 Å². The molecule has 1 aromatic heterocycles. The molecule has 1 aliphatic heterocycles. The second-order valence-electron chi connectivity index (χ2n) is 3.53. The SMILES string of the molecule is CC1=C(C)C(=O)N(c2ccc(I)cn2)C1=O. The molecule has 0 spiro atoms. The molecule has 0 fully saturated rings. The fourth-order valence-corrected chi connectivity index (χ4v) is 1.78. The molecule has 16 heavy (non-hydrogen) atoms. The first-order valence-corrected chi connectivity index (χ1v) is 5.78. The van der Waals surface area contributed by atoms with Crippen molar-refractivity contribution >= 4 is 40.2 Å². The molecular weight excluding hydrogens is 319 g/mol. The van der Waals surface area contributed by atoms with E-state index in [1.807, 2.05) is 6.07 Å². The highest BCUT2D eigenvalue weighted by atomic mass is 127. The molecule has 0 unspecified atom stereocenters. The monoisotopic (exact) mass is 328 g/mol. The van der Waals surface area contributed by atoms with Crippen molar-refractivity contribution in [2.75, 3.05) is 4.90 Å². The first kappa shape index (κ1) is 11.3. The number of halogens is 1. The molecule has 0 atom stereocenters. The number of aromatic nitrogens is 1.